The molecule has 0 aromatic heterocycles. The van der Waals surface area contributed by atoms with Crippen molar-refractivity contribution in [2.24, 2.45) is 0 Å². The first-order valence-corrected chi connectivity index (χ1v) is 11.4. The zero-order valence-corrected chi connectivity index (χ0v) is 19.3. The lowest BCUT2D eigenvalue weighted by Gasteiger charge is -2.27. The fourth-order valence-electron chi connectivity index (χ4n) is 4.63. The Labute approximate surface area is 197 Å². The summed E-state index contributed by atoms with van der Waals surface area (Å²) in [5.74, 6) is -0.144. The molecule has 9 heteroatoms. The predicted molar refractivity (Wildman–Crippen MR) is 123 cm³/mol. The fraction of sp³-hybridized carbons (Fsp3) is 0.440. The molecule has 0 radical (unpaired) electrons. The Hall–Kier alpha value is -3.07. The van der Waals surface area contributed by atoms with Gasteiger partial charge in [-0.15, -0.1) is 0 Å². The molecule has 0 aliphatic carbocycles. The molecule has 0 unspecified atom stereocenters. The van der Waals surface area contributed by atoms with Crippen LogP contribution < -0.4 is 5.32 Å². The van der Waals surface area contributed by atoms with Crippen LogP contribution in [0.3, 0.4) is 0 Å². The van der Waals surface area contributed by atoms with Crippen molar-refractivity contribution in [2.75, 3.05) is 40.3 Å². The quantitative estimate of drug-likeness (QED) is 0.731. The van der Waals surface area contributed by atoms with Gasteiger partial charge in [0.15, 0.2) is 0 Å². The average Bonchev–Trinajstić information content (AvgIpc) is 3.52. The molecule has 2 aliphatic heterocycles. The number of carbonyl (C=O) groups excluding carboxylic acids is 2. The summed E-state index contributed by atoms with van der Waals surface area (Å²) in [5, 5.41) is 3.21. The molecule has 2 aromatic rings. The Morgan fingerprint density at radius 3 is 2.03 bits per heavy atom. The predicted octanol–water partition coefficient (Wildman–Crippen LogP) is 3.93. The molecule has 0 bridgehead atoms. The van der Waals surface area contributed by atoms with Crippen molar-refractivity contribution in [3.8, 4) is 11.1 Å². The molecule has 2 heterocycles. The minimum absolute atomic E-state index is 0.0296. The highest BCUT2D eigenvalue weighted by Crippen LogP contribution is 2.31. The molecular weight excluding hydrogens is 445 g/mol. The van der Waals surface area contributed by atoms with Crippen molar-refractivity contribution >= 4 is 11.9 Å². The van der Waals surface area contributed by atoms with Crippen molar-refractivity contribution in [3.05, 3.63) is 59.7 Å². The lowest BCUT2D eigenvalue weighted by Crippen LogP contribution is -2.44. The van der Waals surface area contributed by atoms with Gasteiger partial charge in [-0.25, -0.2) is 4.79 Å². The Morgan fingerprint density at radius 1 is 0.912 bits per heavy atom. The Morgan fingerprint density at radius 2 is 1.47 bits per heavy atom. The number of likely N-dealkylation sites (tertiary alicyclic amines) is 2. The van der Waals surface area contributed by atoms with Gasteiger partial charge in [0.25, 0.3) is 5.91 Å². The van der Waals surface area contributed by atoms with E-state index in [4.69, 9.17) is 0 Å². The molecule has 2 saturated heterocycles. The number of nitrogens with zero attached hydrogens (tertiary/aromatic N) is 3. The van der Waals surface area contributed by atoms with E-state index in [0.717, 1.165) is 37.1 Å². The molecule has 2 aromatic carbocycles. The topological polar surface area (TPSA) is 55.9 Å². The highest BCUT2D eigenvalue weighted by molar-refractivity contribution is 5.95. The number of likely N-dealkylation sites (N-methyl/N-ethyl adjacent to an activating group) is 2. The smallest absolute Gasteiger partial charge is 0.337 e. The van der Waals surface area contributed by atoms with Crippen LogP contribution in [0.25, 0.3) is 11.1 Å². The van der Waals surface area contributed by atoms with E-state index in [2.05, 4.69) is 5.32 Å². The molecule has 3 amide bonds. The van der Waals surface area contributed by atoms with E-state index < -0.39 is 11.7 Å². The van der Waals surface area contributed by atoms with Gasteiger partial charge >= 0.3 is 12.2 Å². The van der Waals surface area contributed by atoms with Gasteiger partial charge in [0.1, 0.15) is 0 Å². The summed E-state index contributed by atoms with van der Waals surface area (Å²) in [7, 11) is 3.65. The highest BCUT2D eigenvalue weighted by Gasteiger charge is 2.35. The van der Waals surface area contributed by atoms with Crippen LogP contribution in [-0.2, 0) is 6.18 Å². The summed E-state index contributed by atoms with van der Waals surface area (Å²) < 4.78 is 38.3. The number of alkyl halides is 3. The second-order valence-electron chi connectivity index (χ2n) is 8.96. The number of amides is 3. The van der Waals surface area contributed by atoms with Crippen molar-refractivity contribution in [3.63, 3.8) is 0 Å². The number of urea groups is 1. The summed E-state index contributed by atoms with van der Waals surface area (Å²) in [6.07, 6.45) is -2.70. The first-order chi connectivity index (χ1) is 16.2. The SMILES string of the molecule is CN[C@H]1CCN(C(=O)N2CC[C@@H](N(C)C(=O)c3ccc(-c4ccc(C(F)(F)F)cc4)cc3)C2)C1. The lowest BCUT2D eigenvalue weighted by molar-refractivity contribution is -0.137. The molecule has 2 fully saturated rings. The van der Waals surface area contributed by atoms with Gasteiger partial charge in [0, 0.05) is 44.8 Å². The van der Waals surface area contributed by atoms with E-state index in [9.17, 15) is 22.8 Å². The third-order valence-corrected chi connectivity index (χ3v) is 6.85. The lowest BCUT2D eigenvalue weighted by atomic mass is 10.0. The van der Waals surface area contributed by atoms with Crippen LogP contribution in [0.4, 0.5) is 18.0 Å². The molecule has 4 rings (SSSR count). The maximum atomic E-state index is 13.0. The van der Waals surface area contributed by atoms with Crippen molar-refractivity contribution in [2.45, 2.75) is 31.1 Å². The van der Waals surface area contributed by atoms with Crippen molar-refractivity contribution < 1.29 is 22.8 Å². The third kappa shape index (κ3) is 5.04. The number of nitrogens with one attached hydrogen (secondary N) is 1. The molecule has 34 heavy (non-hydrogen) atoms. The van der Waals surface area contributed by atoms with E-state index in [0.29, 0.717) is 36.8 Å². The highest BCUT2D eigenvalue weighted by atomic mass is 19.4. The van der Waals surface area contributed by atoms with Gasteiger partial charge in [-0.05, 0) is 55.3 Å². The van der Waals surface area contributed by atoms with E-state index >= 15 is 0 Å². The standard InChI is InChI=1S/C25H29F3N4O2/c1-29-21-11-13-31(15-21)24(34)32-14-12-22(16-32)30(2)23(33)19-5-3-17(4-6-19)18-7-9-20(10-8-18)25(26,27)28/h3-10,21-22,29H,11-16H2,1-2H3/t21-,22+/m0/s1. The Kier molecular flexibility index (Phi) is 6.84. The van der Waals surface area contributed by atoms with Gasteiger partial charge in [-0.3, -0.25) is 4.79 Å². The zero-order chi connectivity index (χ0) is 24.5. The van der Waals surface area contributed by atoms with Crippen LogP contribution in [0.15, 0.2) is 48.5 Å². The third-order valence-electron chi connectivity index (χ3n) is 6.85. The molecule has 6 nitrogen and oxygen atoms in total. The van der Waals surface area contributed by atoms with E-state index in [-0.39, 0.29) is 18.0 Å². The maximum absolute atomic E-state index is 13.0. The van der Waals surface area contributed by atoms with Crippen molar-refractivity contribution in [1.29, 1.82) is 0 Å². The number of rotatable bonds is 4. The number of hydrogen-bond acceptors (Lipinski definition) is 3. The summed E-state index contributed by atoms with van der Waals surface area (Å²) in [6.45, 7) is 2.57. The molecule has 2 aliphatic rings. The molecule has 0 saturated carbocycles. The summed E-state index contributed by atoms with van der Waals surface area (Å²) >= 11 is 0. The molecule has 1 N–H and O–H groups in total. The summed E-state index contributed by atoms with van der Waals surface area (Å²) in [4.78, 5) is 31.2. The molecule has 2 atom stereocenters. The first kappa shape index (κ1) is 24.1. The van der Waals surface area contributed by atoms with E-state index in [1.807, 2.05) is 16.8 Å². The normalized spacial score (nSPS) is 20.6. The van der Waals surface area contributed by atoms with Crippen LogP contribution >= 0.6 is 0 Å². The molecule has 182 valence electrons. The minimum Gasteiger partial charge on any atom is -0.337 e. The van der Waals surface area contributed by atoms with Crippen LogP contribution in [0.2, 0.25) is 0 Å². The van der Waals surface area contributed by atoms with Crippen LogP contribution in [0, 0.1) is 0 Å². The second-order valence-corrected chi connectivity index (χ2v) is 8.96. The van der Waals surface area contributed by atoms with Crippen LogP contribution in [-0.4, -0.2) is 79.0 Å². The van der Waals surface area contributed by atoms with E-state index in [1.54, 1.807) is 36.2 Å². The van der Waals surface area contributed by atoms with Crippen molar-refractivity contribution in [1.82, 2.24) is 20.0 Å². The van der Waals surface area contributed by atoms with Gasteiger partial charge in [0.05, 0.1) is 11.6 Å². The minimum atomic E-state index is -4.37. The monoisotopic (exact) mass is 474 g/mol. The van der Waals surface area contributed by atoms with Gasteiger partial charge < -0.3 is 20.0 Å². The summed E-state index contributed by atoms with van der Waals surface area (Å²) in [5.41, 5.74) is 1.18. The van der Waals surface area contributed by atoms with Crippen LogP contribution in [0.5, 0.6) is 0 Å². The number of carbonyl (C=O) groups is 2. The van der Waals surface area contributed by atoms with Crippen LogP contribution in [0.1, 0.15) is 28.8 Å². The van der Waals surface area contributed by atoms with Gasteiger partial charge in [-0.1, -0.05) is 24.3 Å². The first-order valence-electron chi connectivity index (χ1n) is 11.4. The number of hydrogen-bond donors (Lipinski definition) is 1. The Balaban J connectivity index is 1.36. The number of benzene rings is 2. The zero-order valence-electron chi connectivity index (χ0n) is 19.3. The largest absolute Gasteiger partial charge is 0.416 e. The van der Waals surface area contributed by atoms with Gasteiger partial charge in [0.2, 0.25) is 0 Å². The Bertz CT molecular complexity index is 1020. The summed E-state index contributed by atoms with van der Waals surface area (Å²) in [6, 6.07) is 12.1. The number of halogens is 3. The van der Waals surface area contributed by atoms with E-state index in [1.165, 1.54) is 12.1 Å². The molecular formula is C25H29F3N4O2. The molecule has 0 spiro atoms. The maximum Gasteiger partial charge on any atom is 0.416 e. The van der Waals surface area contributed by atoms with Gasteiger partial charge in [-0.2, -0.15) is 13.2 Å². The fourth-order valence-corrected chi connectivity index (χ4v) is 4.63. The second kappa shape index (κ2) is 9.66. The average molecular weight is 475 g/mol.